The van der Waals surface area contributed by atoms with Gasteiger partial charge in [-0.3, -0.25) is 4.79 Å². The van der Waals surface area contributed by atoms with Gasteiger partial charge in [-0.15, -0.1) is 0 Å². The van der Waals surface area contributed by atoms with Gasteiger partial charge in [-0.05, 0) is 30.5 Å². The number of aromatic hydroxyl groups is 1. The summed E-state index contributed by atoms with van der Waals surface area (Å²) in [4.78, 5) is 14.7. The van der Waals surface area contributed by atoms with Crippen molar-refractivity contribution in [2.45, 2.75) is 26.2 Å². The van der Waals surface area contributed by atoms with Crippen molar-refractivity contribution in [3.05, 3.63) is 64.7 Å². The lowest BCUT2D eigenvalue weighted by Gasteiger charge is -2.29. The van der Waals surface area contributed by atoms with Crippen LogP contribution >= 0.6 is 0 Å². The minimum atomic E-state index is -0.157. The van der Waals surface area contributed by atoms with Gasteiger partial charge in [0.15, 0.2) is 0 Å². The minimum absolute atomic E-state index is 0.106. The highest BCUT2D eigenvalue weighted by Gasteiger charge is 2.25. The summed E-state index contributed by atoms with van der Waals surface area (Å²) in [5, 5.41) is 10.7. The van der Waals surface area contributed by atoms with Crippen LogP contribution in [0, 0.1) is 13.8 Å². The first kappa shape index (κ1) is 17.5. The lowest BCUT2D eigenvalue weighted by Crippen LogP contribution is -2.41. The molecule has 1 saturated heterocycles. The van der Waals surface area contributed by atoms with Crippen molar-refractivity contribution in [3.63, 3.8) is 0 Å². The van der Waals surface area contributed by atoms with Crippen LogP contribution < -0.4 is 0 Å². The Bertz CT molecular complexity index is 736. The quantitative estimate of drug-likeness (QED) is 0.929. The van der Waals surface area contributed by atoms with Crippen molar-refractivity contribution in [1.82, 2.24) is 4.90 Å². The second kappa shape index (κ2) is 7.70. The maximum atomic E-state index is 12.8. The molecule has 25 heavy (non-hydrogen) atoms. The van der Waals surface area contributed by atoms with Crippen molar-refractivity contribution >= 4 is 5.91 Å². The van der Waals surface area contributed by atoms with E-state index in [1.165, 1.54) is 0 Å². The zero-order chi connectivity index (χ0) is 17.8. The Balaban J connectivity index is 1.93. The van der Waals surface area contributed by atoms with Crippen LogP contribution in [0.2, 0.25) is 0 Å². The standard InChI is InChI=1S/C21H25NO3/c1-15-8-9-18(21(24)16(15)2)19(17-6-4-3-5-7-17)14-20(23)22-10-12-25-13-11-22/h3-9,19,24H,10-14H2,1-2H3. The highest BCUT2D eigenvalue weighted by Crippen LogP contribution is 2.37. The van der Waals surface area contributed by atoms with Gasteiger partial charge in [0.2, 0.25) is 5.91 Å². The second-order valence-corrected chi connectivity index (χ2v) is 6.61. The Kier molecular flexibility index (Phi) is 5.39. The molecule has 4 heteroatoms. The number of carbonyl (C=O) groups is 1. The molecule has 2 aromatic carbocycles. The Morgan fingerprint density at radius 3 is 2.48 bits per heavy atom. The van der Waals surface area contributed by atoms with Crippen molar-refractivity contribution < 1.29 is 14.6 Å². The van der Waals surface area contributed by atoms with Crippen LogP contribution in [0.3, 0.4) is 0 Å². The van der Waals surface area contributed by atoms with Gasteiger partial charge in [0.05, 0.1) is 13.2 Å². The van der Waals surface area contributed by atoms with Crippen LogP contribution in [-0.4, -0.2) is 42.2 Å². The average molecular weight is 339 g/mol. The molecule has 1 heterocycles. The van der Waals surface area contributed by atoms with Gasteiger partial charge in [-0.25, -0.2) is 0 Å². The number of hydrogen-bond donors (Lipinski definition) is 1. The lowest BCUT2D eigenvalue weighted by molar-refractivity contribution is -0.135. The van der Waals surface area contributed by atoms with Gasteiger partial charge >= 0.3 is 0 Å². The molecule has 3 rings (SSSR count). The first-order valence-electron chi connectivity index (χ1n) is 8.77. The summed E-state index contributed by atoms with van der Waals surface area (Å²) in [5.41, 5.74) is 3.78. The van der Waals surface area contributed by atoms with Gasteiger partial charge in [-0.2, -0.15) is 0 Å². The topological polar surface area (TPSA) is 49.8 Å². The molecule has 0 aromatic heterocycles. The van der Waals surface area contributed by atoms with E-state index < -0.39 is 0 Å². The van der Waals surface area contributed by atoms with E-state index in [4.69, 9.17) is 4.74 Å². The molecular formula is C21H25NO3. The van der Waals surface area contributed by atoms with Crippen molar-refractivity contribution in [2.24, 2.45) is 0 Å². The number of phenols is 1. The number of rotatable bonds is 4. The van der Waals surface area contributed by atoms with E-state index in [9.17, 15) is 9.90 Å². The number of amides is 1. The van der Waals surface area contributed by atoms with Gasteiger partial charge in [0.1, 0.15) is 5.75 Å². The normalized spacial score (nSPS) is 15.8. The number of nitrogens with zero attached hydrogens (tertiary/aromatic N) is 1. The first-order valence-corrected chi connectivity index (χ1v) is 8.77. The number of aryl methyl sites for hydroxylation is 1. The van der Waals surface area contributed by atoms with E-state index in [2.05, 4.69) is 0 Å². The van der Waals surface area contributed by atoms with E-state index in [0.717, 1.165) is 22.3 Å². The van der Waals surface area contributed by atoms with E-state index in [1.807, 2.05) is 61.2 Å². The Morgan fingerprint density at radius 1 is 1.12 bits per heavy atom. The molecule has 0 bridgehead atoms. The van der Waals surface area contributed by atoms with Crippen LogP contribution in [0.25, 0.3) is 0 Å². The summed E-state index contributed by atoms with van der Waals surface area (Å²) in [6.45, 7) is 6.36. The van der Waals surface area contributed by atoms with Crippen LogP contribution in [0.15, 0.2) is 42.5 Å². The van der Waals surface area contributed by atoms with E-state index in [1.54, 1.807) is 0 Å². The molecule has 0 radical (unpaired) electrons. The monoisotopic (exact) mass is 339 g/mol. The second-order valence-electron chi connectivity index (χ2n) is 6.61. The predicted molar refractivity (Wildman–Crippen MR) is 97.9 cm³/mol. The van der Waals surface area contributed by atoms with Gasteiger partial charge in [0.25, 0.3) is 0 Å². The molecule has 1 atom stereocenters. The molecular weight excluding hydrogens is 314 g/mol. The molecule has 0 spiro atoms. The SMILES string of the molecule is Cc1ccc(C(CC(=O)N2CCOCC2)c2ccccc2)c(O)c1C. The maximum absolute atomic E-state index is 12.8. The Hall–Kier alpha value is -2.33. The van der Waals surface area contributed by atoms with Crippen molar-refractivity contribution in [3.8, 4) is 5.75 Å². The molecule has 1 aliphatic heterocycles. The summed E-state index contributed by atoms with van der Waals surface area (Å²) >= 11 is 0. The molecule has 1 unspecified atom stereocenters. The highest BCUT2D eigenvalue weighted by molar-refractivity contribution is 5.78. The molecule has 1 aliphatic rings. The highest BCUT2D eigenvalue weighted by atomic mass is 16.5. The zero-order valence-corrected chi connectivity index (χ0v) is 14.9. The number of phenolic OH excluding ortho intramolecular Hbond substituents is 1. The summed E-state index contributed by atoms with van der Waals surface area (Å²) in [7, 11) is 0. The predicted octanol–water partition coefficient (Wildman–Crippen LogP) is 3.39. The first-order chi connectivity index (χ1) is 12.1. The van der Waals surface area contributed by atoms with Gasteiger partial charge < -0.3 is 14.7 Å². The fraction of sp³-hybridized carbons (Fsp3) is 0.381. The smallest absolute Gasteiger partial charge is 0.223 e. The molecule has 1 N–H and O–H groups in total. The number of morpholine rings is 1. The minimum Gasteiger partial charge on any atom is -0.507 e. The van der Waals surface area contributed by atoms with Crippen molar-refractivity contribution in [2.75, 3.05) is 26.3 Å². The van der Waals surface area contributed by atoms with E-state index in [0.29, 0.717) is 38.5 Å². The number of benzene rings is 2. The molecule has 2 aromatic rings. The summed E-state index contributed by atoms with van der Waals surface area (Å²) in [6, 6.07) is 13.9. The lowest BCUT2D eigenvalue weighted by atomic mass is 9.85. The molecule has 1 fully saturated rings. The van der Waals surface area contributed by atoms with Gasteiger partial charge in [-0.1, -0.05) is 42.5 Å². The average Bonchev–Trinajstić information content (AvgIpc) is 2.66. The number of carbonyl (C=O) groups excluding carboxylic acids is 1. The molecule has 1 amide bonds. The Morgan fingerprint density at radius 2 is 1.80 bits per heavy atom. The molecule has 4 nitrogen and oxygen atoms in total. The third kappa shape index (κ3) is 3.85. The largest absolute Gasteiger partial charge is 0.507 e. The summed E-state index contributed by atoms with van der Waals surface area (Å²) in [5.74, 6) is 0.245. The summed E-state index contributed by atoms with van der Waals surface area (Å²) in [6.07, 6.45) is 0.347. The van der Waals surface area contributed by atoms with Crippen molar-refractivity contribution in [1.29, 1.82) is 0 Å². The third-order valence-corrected chi connectivity index (χ3v) is 5.05. The molecule has 0 aliphatic carbocycles. The van der Waals surface area contributed by atoms with Crippen LogP contribution in [0.5, 0.6) is 5.75 Å². The Labute approximate surface area is 149 Å². The number of hydrogen-bond acceptors (Lipinski definition) is 3. The van der Waals surface area contributed by atoms with Crippen LogP contribution in [0.1, 0.15) is 34.6 Å². The van der Waals surface area contributed by atoms with Crippen LogP contribution in [-0.2, 0) is 9.53 Å². The van der Waals surface area contributed by atoms with Gasteiger partial charge in [0, 0.05) is 31.0 Å². The number of ether oxygens (including phenoxy) is 1. The van der Waals surface area contributed by atoms with E-state index >= 15 is 0 Å². The summed E-state index contributed by atoms with van der Waals surface area (Å²) < 4.78 is 5.34. The van der Waals surface area contributed by atoms with Crippen LogP contribution in [0.4, 0.5) is 0 Å². The molecule has 0 saturated carbocycles. The fourth-order valence-corrected chi connectivity index (χ4v) is 3.31. The zero-order valence-electron chi connectivity index (χ0n) is 14.9. The fourth-order valence-electron chi connectivity index (χ4n) is 3.31. The maximum Gasteiger partial charge on any atom is 0.223 e. The third-order valence-electron chi connectivity index (χ3n) is 5.05. The van der Waals surface area contributed by atoms with E-state index in [-0.39, 0.29) is 11.8 Å². The molecule has 132 valence electrons.